The van der Waals surface area contributed by atoms with Gasteiger partial charge >= 0.3 is 0 Å². The number of carbonyl (C=O) groups is 1. The van der Waals surface area contributed by atoms with Gasteiger partial charge in [-0.15, -0.1) is 0 Å². The number of carbonyl (C=O) groups excluding carboxylic acids is 1. The Balaban J connectivity index is 1.16. The number of aromatic nitrogens is 2. The molecule has 7 heteroatoms. The summed E-state index contributed by atoms with van der Waals surface area (Å²) in [6, 6.07) is 28.4. The summed E-state index contributed by atoms with van der Waals surface area (Å²) < 4.78 is 2.09. The number of likely N-dealkylation sites (tertiary alicyclic amines) is 1. The Morgan fingerprint density at radius 2 is 1.88 bits per heavy atom. The molecule has 1 fully saturated rings. The maximum Gasteiger partial charge on any atom is 0.224 e. The summed E-state index contributed by atoms with van der Waals surface area (Å²) in [5.74, 6) is 0.299. The molecule has 6 nitrogen and oxygen atoms in total. The van der Waals surface area contributed by atoms with Gasteiger partial charge in [0.1, 0.15) is 0 Å². The topological polar surface area (TPSA) is 74.0 Å². The third kappa shape index (κ3) is 7.18. The second kappa shape index (κ2) is 13.4. The third-order valence-corrected chi connectivity index (χ3v) is 7.92. The summed E-state index contributed by atoms with van der Waals surface area (Å²) in [5.41, 5.74) is 5.29. The molecular formula is C33H34ClN5O. The molecule has 204 valence electrons. The van der Waals surface area contributed by atoms with Gasteiger partial charge in [-0.05, 0) is 60.3 Å². The number of benzene rings is 3. The van der Waals surface area contributed by atoms with Gasteiger partial charge in [0.2, 0.25) is 5.91 Å². The van der Waals surface area contributed by atoms with Gasteiger partial charge in [0, 0.05) is 55.4 Å². The molecule has 0 bridgehead atoms. The van der Waals surface area contributed by atoms with E-state index in [-0.39, 0.29) is 17.7 Å². The van der Waals surface area contributed by atoms with Crippen molar-refractivity contribution >= 4 is 17.5 Å². The van der Waals surface area contributed by atoms with Crippen molar-refractivity contribution in [3.8, 4) is 6.07 Å². The Bertz CT molecular complexity index is 1440. The van der Waals surface area contributed by atoms with Crippen molar-refractivity contribution in [1.29, 1.82) is 5.26 Å². The van der Waals surface area contributed by atoms with Gasteiger partial charge < -0.3 is 14.8 Å². The van der Waals surface area contributed by atoms with Crippen LogP contribution in [0.15, 0.2) is 91.4 Å². The highest BCUT2D eigenvalue weighted by Gasteiger charge is 2.28. The first-order valence-electron chi connectivity index (χ1n) is 13.9. The van der Waals surface area contributed by atoms with Crippen LogP contribution in [-0.4, -0.2) is 46.5 Å². The van der Waals surface area contributed by atoms with Crippen LogP contribution >= 0.6 is 11.6 Å². The van der Waals surface area contributed by atoms with Gasteiger partial charge in [-0.1, -0.05) is 66.2 Å². The number of amides is 1. The molecule has 1 amide bonds. The third-order valence-electron chi connectivity index (χ3n) is 7.68. The van der Waals surface area contributed by atoms with Crippen molar-refractivity contribution in [2.75, 3.05) is 26.2 Å². The summed E-state index contributed by atoms with van der Waals surface area (Å²) in [7, 11) is 0. The smallest absolute Gasteiger partial charge is 0.224 e. The molecule has 0 saturated carbocycles. The van der Waals surface area contributed by atoms with Crippen LogP contribution in [0.1, 0.15) is 46.7 Å². The van der Waals surface area contributed by atoms with Crippen LogP contribution in [0.3, 0.4) is 0 Å². The lowest BCUT2D eigenvalue weighted by molar-refractivity contribution is -0.126. The highest BCUT2D eigenvalue weighted by molar-refractivity contribution is 6.30. The SMILES string of the molecule is N#Cc1ccc(Cn2cncc2CCNC(=O)C2CCCN(CC(c3ccccc3)c3cccc(Cl)c3)C2)cc1. The molecule has 1 aromatic heterocycles. The first kappa shape index (κ1) is 27.6. The van der Waals surface area contributed by atoms with Gasteiger partial charge in [-0.3, -0.25) is 4.79 Å². The van der Waals surface area contributed by atoms with E-state index in [9.17, 15) is 4.79 Å². The number of nitrogens with one attached hydrogen (secondary N) is 1. The van der Waals surface area contributed by atoms with Crippen LogP contribution in [0.2, 0.25) is 5.02 Å². The van der Waals surface area contributed by atoms with Gasteiger partial charge in [-0.2, -0.15) is 5.26 Å². The summed E-state index contributed by atoms with van der Waals surface area (Å²) in [5, 5.41) is 12.9. The van der Waals surface area contributed by atoms with E-state index in [4.69, 9.17) is 16.9 Å². The molecule has 1 aliphatic heterocycles. The monoisotopic (exact) mass is 551 g/mol. The van der Waals surface area contributed by atoms with E-state index in [0.29, 0.717) is 25.1 Å². The number of imidazole rings is 1. The maximum absolute atomic E-state index is 13.2. The highest BCUT2D eigenvalue weighted by atomic mass is 35.5. The molecule has 5 rings (SSSR count). The first-order chi connectivity index (χ1) is 19.6. The molecule has 2 atom stereocenters. The quantitative estimate of drug-likeness (QED) is 0.276. The van der Waals surface area contributed by atoms with E-state index in [0.717, 1.165) is 48.8 Å². The fraction of sp³-hybridized carbons (Fsp3) is 0.303. The normalized spacial score (nSPS) is 16.2. The van der Waals surface area contributed by atoms with Crippen LogP contribution in [0.25, 0.3) is 0 Å². The lowest BCUT2D eigenvalue weighted by atomic mass is 9.89. The molecule has 3 aromatic carbocycles. The van der Waals surface area contributed by atoms with Gasteiger partial charge in [0.15, 0.2) is 0 Å². The van der Waals surface area contributed by atoms with Crippen molar-refractivity contribution in [2.45, 2.75) is 31.7 Å². The Kier molecular flexibility index (Phi) is 9.28. The molecule has 1 saturated heterocycles. The number of piperidine rings is 1. The number of nitrogens with zero attached hydrogens (tertiary/aromatic N) is 4. The number of hydrogen-bond acceptors (Lipinski definition) is 4. The molecule has 0 aliphatic carbocycles. The molecular weight excluding hydrogens is 518 g/mol. The lowest BCUT2D eigenvalue weighted by Crippen LogP contribution is -2.44. The number of nitriles is 1. The first-order valence-corrected chi connectivity index (χ1v) is 14.3. The van der Waals surface area contributed by atoms with Gasteiger partial charge in [-0.25, -0.2) is 4.98 Å². The molecule has 40 heavy (non-hydrogen) atoms. The molecule has 2 heterocycles. The van der Waals surface area contributed by atoms with Crippen LogP contribution < -0.4 is 5.32 Å². The van der Waals surface area contributed by atoms with E-state index in [1.807, 2.05) is 55.0 Å². The van der Waals surface area contributed by atoms with Crippen molar-refractivity contribution in [2.24, 2.45) is 5.92 Å². The Labute approximate surface area is 241 Å². The van der Waals surface area contributed by atoms with Crippen LogP contribution in [0, 0.1) is 17.2 Å². The fourth-order valence-electron chi connectivity index (χ4n) is 5.54. The Hall–Kier alpha value is -3.92. The predicted octanol–water partition coefficient (Wildman–Crippen LogP) is 5.66. The Morgan fingerprint density at radius 1 is 1.07 bits per heavy atom. The second-order valence-electron chi connectivity index (χ2n) is 10.5. The van der Waals surface area contributed by atoms with E-state index in [1.165, 1.54) is 11.1 Å². The zero-order chi connectivity index (χ0) is 27.7. The molecule has 0 radical (unpaired) electrons. The highest BCUT2D eigenvalue weighted by Crippen LogP contribution is 2.29. The molecule has 4 aromatic rings. The molecule has 1 N–H and O–H groups in total. The van der Waals surface area contributed by atoms with Crippen molar-refractivity contribution in [3.05, 3.63) is 124 Å². The minimum Gasteiger partial charge on any atom is -0.355 e. The van der Waals surface area contributed by atoms with Crippen LogP contribution in [0.5, 0.6) is 0 Å². The molecule has 2 unspecified atom stereocenters. The summed E-state index contributed by atoms with van der Waals surface area (Å²) in [4.78, 5) is 19.9. The molecule has 0 spiro atoms. The lowest BCUT2D eigenvalue weighted by Gasteiger charge is -2.35. The standard InChI is InChI=1S/C33H34ClN5O/c34-30-10-4-8-28(18-30)32(27-6-2-1-3-7-27)23-38-17-5-9-29(22-38)33(40)37-16-15-31-20-36-24-39(31)21-26-13-11-25(19-35)12-14-26/h1-4,6-8,10-14,18,20,24,29,32H,5,9,15-17,21-23H2,(H,37,40). The predicted molar refractivity (Wildman–Crippen MR) is 158 cm³/mol. The fourth-order valence-corrected chi connectivity index (χ4v) is 5.74. The minimum atomic E-state index is -0.0203. The van der Waals surface area contributed by atoms with E-state index < -0.39 is 0 Å². The average Bonchev–Trinajstić information content (AvgIpc) is 3.43. The second-order valence-corrected chi connectivity index (χ2v) is 10.9. The van der Waals surface area contributed by atoms with Crippen LogP contribution in [-0.2, 0) is 17.8 Å². The van der Waals surface area contributed by atoms with Crippen LogP contribution in [0.4, 0.5) is 0 Å². The summed E-state index contributed by atoms with van der Waals surface area (Å²) in [6.45, 7) is 3.85. The van der Waals surface area contributed by atoms with Crippen molar-refractivity contribution in [1.82, 2.24) is 19.8 Å². The van der Waals surface area contributed by atoms with E-state index in [1.54, 1.807) is 0 Å². The summed E-state index contributed by atoms with van der Waals surface area (Å²) in [6.07, 6.45) is 6.30. The van der Waals surface area contributed by atoms with Gasteiger partial charge in [0.25, 0.3) is 0 Å². The minimum absolute atomic E-state index is 0.0203. The van der Waals surface area contributed by atoms with E-state index in [2.05, 4.69) is 62.2 Å². The summed E-state index contributed by atoms with van der Waals surface area (Å²) >= 11 is 6.35. The van der Waals surface area contributed by atoms with Gasteiger partial charge in [0.05, 0.1) is 23.9 Å². The average molecular weight is 552 g/mol. The molecule has 1 aliphatic rings. The maximum atomic E-state index is 13.2. The van der Waals surface area contributed by atoms with Crippen molar-refractivity contribution in [3.63, 3.8) is 0 Å². The number of halogens is 1. The largest absolute Gasteiger partial charge is 0.355 e. The van der Waals surface area contributed by atoms with E-state index >= 15 is 0 Å². The number of rotatable bonds is 10. The zero-order valence-corrected chi connectivity index (χ0v) is 23.3. The Morgan fingerprint density at radius 3 is 2.65 bits per heavy atom. The number of hydrogen-bond donors (Lipinski definition) is 1. The van der Waals surface area contributed by atoms with Crippen molar-refractivity contribution < 1.29 is 4.79 Å². The zero-order valence-electron chi connectivity index (χ0n) is 22.5.